The fraction of sp³-hybridized carbons (Fsp3) is 0.0625. The van der Waals surface area contributed by atoms with Crippen molar-refractivity contribution >= 4 is 75.5 Å². The molecule has 0 spiro atoms. The number of benzene rings is 5. The van der Waals surface area contributed by atoms with Crippen LogP contribution in [0.5, 0.6) is 0 Å². The van der Waals surface area contributed by atoms with E-state index in [1.165, 1.54) is 54.7 Å². The highest BCUT2D eigenvalue weighted by atomic mass is 79.9. The van der Waals surface area contributed by atoms with Gasteiger partial charge in [-0.1, -0.05) is 56.1 Å². The Morgan fingerprint density at radius 1 is 0.417 bits per heavy atom. The Balaban J connectivity index is 1.47. The second-order valence-corrected chi connectivity index (χ2v) is 11.4. The molecule has 4 heteroatoms. The standard InChI is InChI=1S/C32H22Br2N2/c1-19-3-11-25-27-17-21(33)5-13-29(27)35(31(25)15-19)23-7-9-24(10-8-23)36-30-14-6-22(34)18-28(30)26-12-4-20(2)16-32(26)36/h3-18H,1-2H3. The fourth-order valence-corrected chi connectivity index (χ4v) is 6.24. The van der Waals surface area contributed by atoms with Gasteiger partial charge in [-0.3, -0.25) is 0 Å². The molecule has 2 heterocycles. The van der Waals surface area contributed by atoms with E-state index in [1.807, 2.05) is 0 Å². The second kappa shape index (κ2) is 8.09. The minimum absolute atomic E-state index is 1.10. The van der Waals surface area contributed by atoms with E-state index in [2.05, 4.69) is 152 Å². The maximum Gasteiger partial charge on any atom is 0.0543 e. The smallest absolute Gasteiger partial charge is 0.0543 e. The number of aromatic nitrogens is 2. The van der Waals surface area contributed by atoms with Gasteiger partial charge in [0.15, 0.2) is 0 Å². The molecule has 2 nitrogen and oxygen atoms in total. The molecule has 7 aromatic rings. The van der Waals surface area contributed by atoms with Crippen molar-refractivity contribution in [2.24, 2.45) is 0 Å². The minimum atomic E-state index is 1.10. The summed E-state index contributed by atoms with van der Waals surface area (Å²) < 4.78 is 6.94. The van der Waals surface area contributed by atoms with E-state index in [-0.39, 0.29) is 0 Å². The fourth-order valence-electron chi connectivity index (χ4n) is 5.51. The van der Waals surface area contributed by atoms with Crippen molar-refractivity contribution in [3.05, 3.63) is 117 Å². The van der Waals surface area contributed by atoms with Crippen LogP contribution in [0, 0.1) is 13.8 Å². The van der Waals surface area contributed by atoms with E-state index < -0.39 is 0 Å². The lowest BCUT2D eigenvalue weighted by molar-refractivity contribution is 1.14. The Labute approximate surface area is 226 Å². The third-order valence-electron chi connectivity index (χ3n) is 7.13. The van der Waals surface area contributed by atoms with E-state index in [1.54, 1.807) is 0 Å². The zero-order chi connectivity index (χ0) is 24.6. The summed E-state index contributed by atoms with van der Waals surface area (Å²) in [5, 5.41) is 5.05. The van der Waals surface area contributed by atoms with Gasteiger partial charge in [0, 0.05) is 41.9 Å². The number of aryl methyl sites for hydroxylation is 2. The van der Waals surface area contributed by atoms with Crippen LogP contribution in [0.3, 0.4) is 0 Å². The van der Waals surface area contributed by atoms with E-state index >= 15 is 0 Å². The molecule has 174 valence electrons. The SMILES string of the molecule is Cc1ccc2c3cc(Br)ccc3n(-c3ccc(-n4c5ccc(Br)cc5c5ccc(C)cc54)cc3)c2c1. The third-order valence-corrected chi connectivity index (χ3v) is 8.12. The van der Waals surface area contributed by atoms with Gasteiger partial charge < -0.3 is 9.13 Å². The second-order valence-electron chi connectivity index (χ2n) is 9.55. The van der Waals surface area contributed by atoms with E-state index in [0.717, 1.165) is 20.3 Å². The lowest BCUT2D eigenvalue weighted by Crippen LogP contribution is -1.97. The Kier molecular flexibility index (Phi) is 4.92. The van der Waals surface area contributed by atoms with Crippen LogP contribution < -0.4 is 0 Å². The van der Waals surface area contributed by atoms with E-state index in [4.69, 9.17) is 0 Å². The van der Waals surface area contributed by atoms with Crippen molar-refractivity contribution in [3.8, 4) is 11.4 Å². The highest BCUT2D eigenvalue weighted by Crippen LogP contribution is 2.37. The first-order valence-electron chi connectivity index (χ1n) is 12.0. The van der Waals surface area contributed by atoms with Crippen LogP contribution in [0.1, 0.15) is 11.1 Å². The number of hydrogen-bond donors (Lipinski definition) is 0. The zero-order valence-corrected chi connectivity index (χ0v) is 23.1. The molecular weight excluding hydrogens is 572 g/mol. The summed E-state index contributed by atoms with van der Waals surface area (Å²) in [5.74, 6) is 0. The predicted octanol–water partition coefficient (Wildman–Crippen LogP) is 10.0. The summed E-state index contributed by atoms with van der Waals surface area (Å²) in [6, 6.07) is 35.5. The molecule has 0 amide bonds. The lowest BCUT2D eigenvalue weighted by atomic mass is 10.1. The summed E-state index contributed by atoms with van der Waals surface area (Å²) in [6.45, 7) is 4.31. The summed E-state index contributed by atoms with van der Waals surface area (Å²) in [5.41, 5.74) is 9.72. The molecule has 0 aliphatic rings. The molecule has 0 radical (unpaired) electrons. The molecule has 36 heavy (non-hydrogen) atoms. The monoisotopic (exact) mass is 592 g/mol. The molecule has 0 bridgehead atoms. The minimum Gasteiger partial charge on any atom is -0.309 e. The van der Waals surface area contributed by atoms with Gasteiger partial charge in [0.05, 0.1) is 22.1 Å². The van der Waals surface area contributed by atoms with Crippen LogP contribution in [-0.2, 0) is 0 Å². The van der Waals surface area contributed by atoms with Crippen LogP contribution in [0.15, 0.2) is 106 Å². The third kappa shape index (κ3) is 3.28. The topological polar surface area (TPSA) is 9.86 Å². The van der Waals surface area contributed by atoms with Crippen LogP contribution in [0.25, 0.3) is 55.0 Å². The Morgan fingerprint density at radius 3 is 1.25 bits per heavy atom. The molecule has 5 aromatic carbocycles. The van der Waals surface area contributed by atoms with Gasteiger partial charge in [-0.25, -0.2) is 0 Å². The summed E-state index contributed by atoms with van der Waals surface area (Å²) >= 11 is 7.33. The normalized spacial score (nSPS) is 11.9. The van der Waals surface area contributed by atoms with Crippen molar-refractivity contribution < 1.29 is 0 Å². The number of rotatable bonds is 2. The van der Waals surface area contributed by atoms with E-state index in [0.29, 0.717) is 0 Å². The number of nitrogens with zero attached hydrogens (tertiary/aromatic N) is 2. The molecule has 0 saturated heterocycles. The highest BCUT2D eigenvalue weighted by Gasteiger charge is 2.15. The molecular formula is C32H22Br2N2. The van der Waals surface area contributed by atoms with Crippen LogP contribution >= 0.6 is 31.9 Å². The maximum atomic E-state index is 3.66. The summed E-state index contributed by atoms with van der Waals surface area (Å²) in [6.07, 6.45) is 0. The number of halogens is 2. The largest absolute Gasteiger partial charge is 0.309 e. The maximum absolute atomic E-state index is 3.66. The average Bonchev–Trinajstić information content (AvgIpc) is 3.35. The average molecular weight is 594 g/mol. The Morgan fingerprint density at radius 2 is 0.833 bits per heavy atom. The lowest BCUT2D eigenvalue weighted by Gasteiger charge is -2.12. The zero-order valence-electron chi connectivity index (χ0n) is 19.9. The first-order chi connectivity index (χ1) is 17.5. The van der Waals surface area contributed by atoms with Crippen LogP contribution in [0.4, 0.5) is 0 Å². The van der Waals surface area contributed by atoms with E-state index in [9.17, 15) is 0 Å². The highest BCUT2D eigenvalue weighted by molar-refractivity contribution is 9.10. The molecule has 0 unspecified atom stereocenters. The Hall–Kier alpha value is -3.34. The molecule has 0 aliphatic carbocycles. The first kappa shape index (κ1) is 21.9. The van der Waals surface area contributed by atoms with Gasteiger partial charge in [0.2, 0.25) is 0 Å². The molecule has 0 fully saturated rings. The quantitative estimate of drug-likeness (QED) is 0.189. The van der Waals surface area contributed by atoms with Crippen molar-refractivity contribution in [2.45, 2.75) is 13.8 Å². The van der Waals surface area contributed by atoms with Gasteiger partial charge in [-0.05, 0) is 97.8 Å². The summed E-state index contributed by atoms with van der Waals surface area (Å²) in [4.78, 5) is 0. The van der Waals surface area contributed by atoms with Crippen molar-refractivity contribution in [2.75, 3.05) is 0 Å². The van der Waals surface area contributed by atoms with Gasteiger partial charge in [-0.15, -0.1) is 0 Å². The van der Waals surface area contributed by atoms with Crippen molar-refractivity contribution in [1.29, 1.82) is 0 Å². The molecule has 0 aliphatic heterocycles. The number of fused-ring (bicyclic) bond motifs is 6. The molecule has 0 atom stereocenters. The molecule has 2 aromatic heterocycles. The van der Waals surface area contributed by atoms with Crippen LogP contribution in [0.2, 0.25) is 0 Å². The Bertz CT molecular complexity index is 1830. The van der Waals surface area contributed by atoms with Gasteiger partial charge >= 0.3 is 0 Å². The molecule has 0 saturated carbocycles. The van der Waals surface area contributed by atoms with Crippen LogP contribution in [-0.4, -0.2) is 9.13 Å². The van der Waals surface area contributed by atoms with Gasteiger partial charge in [0.25, 0.3) is 0 Å². The molecule has 0 N–H and O–H groups in total. The number of hydrogen-bond acceptors (Lipinski definition) is 0. The van der Waals surface area contributed by atoms with Gasteiger partial charge in [-0.2, -0.15) is 0 Å². The first-order valence-corrected chi connectivity index (χ1v) is 13.6. The predicted molar refractivity (Wildman–Crippen MR) is 160 cm³/mol. The van der Waals surface area contributed by atoms with Crippen molar-refractivity contribution in [3.63, 3.8) is 0 Å². The summed E-state index contributed by atoms with van der Waals surface area (Å²) in [7, 11) is 0. The van der Waals surface area contributed by atoms with Gasteiger partial charge in [0.1, 0.15) is 0 Å². The molecule has 7 rings (SSSR count). The van der Waals surface area contributed by atoms with Crippen molar-refractivity contribution in [1.82, 2.24) is 9.13 Å².